The lowest BCUT2D eigenvalue weighted by atomic mass is 9.79. The number of methoxy groups -OCH3 is 2. The fourth-order valence-corrected chi connectivity index (χ4v) is 5.69. The van der Waals surface area contributed by atoms with Gasteiger partial charge in [0.15, 0.2) is 0 Å². The molecule has 0 saturated carbocycles. The van der Waals surface area contributed by atoms with Gasteiger partial charge in [-0.15, -0.1) is 0 Å². The average Bonchev–Trinajstić information content (AvgIpc) is 2.98. The van der Waals surface area contributed by atoms with E-state index >= 15 is 0 Å². The summed E-state index contributed by atoms with van der Waals surface area (Å²) < 4.78 is 11.0. The Labute approximate surface area is 227 Å². The molecule has 2 heteroatoms. The topological polar surface area (TPSA) is 18.5 Å². The minimum absolute atomic E-state index is 0.882. The van der Waals surface area contributed by atoms with Gasteiger partial charge in [0, 0.05) is 0 Å². The van der Waals surface area contributed by atoms with Crippen LogP contribution in [0.25, 0.3) is 43.8 Å². The van der Waals surface area contributed by atoms with Gasteiger partial charge in [-0.2, -0.15) is 0 Å². The lowest BCUT2D eigenvalue weighted by molar-refractivity contribution is 0.414. The molecule has 0 radical (unpaired) electrons. The maximum atomic E-state index is 5.52. The highest BCUT2D eigenvalue weighted by atomic mass is 16.5. The van der Waals surface area contributed by atoms with Crippen LogP contribution >= 0.6 is 0 Å². The molecule has 0 aliphatic rings. The zero-order valence-corrected chi connectivity index (χ0v) is 23.1. The van der Waals surface area contributed by atoms with E-state index in [2.05, 4.69) is 98.8 Å². The summed E-state index contributed by atoms with van der Waals surface area (Å²) >= 11 is 0. The van der Waals surface area contributed by atoms with Gasteiger partial charge in [0.05, 0.1) is 14.2 Å². The fourth-order valence-electron chi connectivity index (χ4n) is 5.69. The van der Waals surface area contributed by atoms with Gasteiger partial charge in [0.25, 0.3) is 0 Å². The summed E-state index contributed by atoms with van der Waals surface area (Å²) in [5.74, 6) is 1.76. The molecule has 0 spiro atoms. The molecule has 5 rings (SSSR count). The lowest BCUT2D eigenvalue weighted by Crippen LogP contribution is -2.03. The summed E-state index contributed by atoms with van der Waals surface area (Å²) in [6.07, 6.45) is 6.72. The van der Waals surface area contributed by atoms with Crippen LogP contribution in [0, 0.1) is 0 Å². The summed E-state index contributed by atoms with van der Waals surface area (Å²) in [7, 11) is 3.46. The SMILES string of the molecule is CCCCc1c(-c2ccc(OC)cc2)c(-c2ccc(OC)cc2)c(CCCC)c2cc3ccccc3cc12. The molecular weight excluding hydrogens is 464 g/mol. The van der Waals surface area contributed by atoms with Crippen LogP contribution in [-0.4, -0.2) is 14.2 Å². The molecule has 0 unspecified atom stereocenters. The van der Waals surface area contributed by atoms with Crippen molar-refractivity contribution in [3.63, 3.8) is 0 Å². The Bertz CT molecular complexity index is 1410. The molecule has 0 aromatic heterocycles. The summed E-state index contributed by atoms with van der Waals surface area (Å²) in [6.45, 7) is 4.56. The van der Waals surface area contributed by atoms with Crippen molar-refractivity contribution < 1.29 is 9.47 Å². The number of benzene rings is 5. The van der Waals surface area contributed by atoms with Crippen molar-refractivity contribution in [2.75, 3.05) is 14.2 Å². The van der Waals surface area contributed by atoms with E-state index in [0.29, 0.717) is 0 Å². The number of unbranched alkanes of at least 4 members (excludes halogenated alkanes) is 2. The number of ether oxygens (including phenoxy) is 2. The van der Waals surface area contributed by atoms with Crippen molar-refractivity contribution in [1.82, 2.24) is 0 Å². The minimum Gasteiger partial charge on any atom is -0.497 e. The number of hydrogen-bond acceptors (Lipinski definition) is 2. The molecule has 2 nitrogen and oxygen atoms in total. The highest BCUT2D eigenvalue weighted by molar-refractivity contribution is 6.08. The van der Waals surface area contributed by atoms with Gasteiger partial charge in [-0.3, -0.25) is 0 Å². The molecule has 194 valence electrons. The molecule has 0 fully saturated rings. The lowest BCUT2D eigenvalue weighted by Gasteiger charge is -2.24. The van der Waals surface area contributed by atoms with E-state index in [1.165, 1.54) is 54.9 Å². The number of hydrogen-bond donors (Lipinski definition) is 0. The Hall–Kier alpha value is -3.78. The maximum absolute atomic E-state index is 5.52. The smallest absolute Gasteiger partial charge is 0.118 e. The van der Waals surface area contributed by atoms with Gasteiger partial charge >= 0.3 is 0 Å². The predicted molar refractivity (Wildman–Crippen MR) is 163 cm³/mol. The van der Waals surface area contributed by atoms with Crippen molar-refractivity contribution in [3.8, 4) is 33.8 Å². The molecular formula is C36H38O2. The van der Waals surface area contributed by atoms with Crippen LogP contribution in [0.4, 0.5) is 0 Å². The van der Waals surface area contributed by atoms with E-state index in [1.54, 1.807) is 14.2 Å². The second-order valence-corrected chi connectivity index (χ2v) is 10.1. The molecule has 0 bridgehead atoms. The molecule has 0 atom stereocenters. The van der Waals surface area contributed by atoms with Crippen molar-refractivity contribution in [2.24, 2.45) is 0 Å². The van der Waals surface area contributed by atoms with Gasteiger partial charge in [0.1, 0.15) is 11.5 Å². The summed E-state index contributed by atoms with van der Waals surface area (Å²) in [4.78, 5) is 0. The Kier molecular flexibility index (Phi) is 7.98. The monoisotopic (exact) mass is 502 g/mol. The predicted octanol–water partition coefficient (Wildman–Crippen LogP) is 10.0. The zero-order chi connectivity index (χ0) is 26.5. The molecule has 0 N–H and O–H groups in total. The van der Waals surface area contributed by atoms with Crippen molar-refractivity contribution in [1.29, 1.82) is 0 Å². The summed E-state index contributed by atoms with van der Waals surface area (Å²) in [5, 5.41) is 5.40. The van der Waals surface area contributed by atoms with Crippen LogP contribution in [0.5, 0.6) is 11.5 Å². The quantitative estimate of drug-likeness (QED) is 0.177. The second kappa shape index (κ2) is 11.7. The Balaban J connectivity index is 1.94. The first kappa shape index (κ1) is 25.9. The van der Waals surface area contributed by atoms with Crippen molar-refractivity contribution >= 4 is 21.5 Å². The molecule has 0 amide bonds. The third kappa shape index (κ3) is 5.00. The Morgan fingerprint density at radius 1 is 0.526 bits per heavy atom. The fraction of sp³-hybridized carbons (Fsp3) is 0.278. The number of aryl methyl sites for hydroxylation is 2. The van der Waals surface area contributed by atoms with E-state index in [9.17, 15) is 0 Å². The first-order valence-electron chi connectivity index (χ1n) is 14.0. The van der Waals surface area contributed by atoms with Crippen LogP contribution in [0.15, 0.2) is 84.9 Å². The summed E-state index contributed by atoms with van der Waals surface area (Å²) in [6, 6.07) is 30.9. The highest BCUT2D eigenvalue weighted by Crippen LogP contribution is 2.45. The van der Waals surface area contributed by atoms with Gasteiger partial charge in [-0.05, 0) is 117 Å². The van der Waals surface area contributed by atoms with Crippen LogP contribution in [0.3, 0.4) is 0 Å². The molecule has 0 saturated heterocycles. The van der Waals surface area contributed by atoms with E-state index < -0.39 is 0 Å². The van der Waals surface area contributed by atoms with Gasteiger partial charge in [0.2, 0.25) is 0 Å². The molecule has 5 aromatic carbocycles. The summed E-state index contributed by atoms with van der Waals surface area (Å²) in [5.41, 5.74) is 8.11. The van der Waals surface area contributed by atoms with E-state index in [0.717, 1.165) is 50.0 Å². The average molecular weight is 503 g/mol. The van der Waals surface area contributed by atoms with E-state index in [4.69, 9.17) is 9.47 Å². The first-order chi connectivity index (χ1) is 18.7. The van der Waals surface area contributed by atoms with E-state index in [1.807, 2.05) is 0 Å². The van der Waals surface area contributed by atoms with Crippen molar-refractivity contribution in [3.05, 3.63) is 96.1 Å². The molecule has 0 aliphatic heterocycles. The first-order valence-corrected chi connectivity index (χ1v) is 14.0. The number of rotatable bonds is 10. The van der Waals surface area contributed by atoms with Gasteiger partial charge in [-0.25, -0.2) is 0 Å². The standard InChI is InChI=1S/C36H38O2/c1-5-7-13-31-33-23-27-11-9-10-12-28(27)24-34(33)32(14-8-6-2)36(26-17-21-30(38-4)22-18-26)35(31)25-15-19-29(37-3)20-16-25/h9-12,15-24H,5-8,13-14H2,1-4H3. The molecule has 38 heavy (non-hydrogen) atoms. The van der Waals surface area contributed by atoms with Crippen LogP contribution < -0.4 is 9.47 Å². The Morgan fingerprint density at radius 3 is 1.26 bits per heavy atom. The zero-order valence-electron chi connectivity index (χ0n) is 23.1. The third-order valence-corrected chi connectivity index (χ3v) is 7.71. The number of fused-ring (bicyclic) bond motifs is 2. The molecule has 0 aliphatic carbocycles. The molecule has 5 aromatic rings. The van der Waals surface area contributed by atoms with Crippen molar-refractivity contribution in [2.45, 2.75) is 52.4 Å². The largest absolute Gasteiger partial charge is 0.497 e. The molecule has 0 heterocycles. The van der Waals surface area contributed by atoms with Gasteiger partial charge < -0.3 is 9.47 Å². The Morgan fingerprint density at radius 2 is 0.921 bits per heavy atom. The van der Waals surface area contributed by atoms with Crippen LogP contribution in [0.1, 0.15) is 50.7 Å². The van der Waals surface area contributed by atoms with Crippen LogP contribution in [-0.2, 0) is 12.8 Å². The second-order valence-electron chi connectivity index (χ2n) is 10.1. The normalized spacial score (nSPS) is 11.3. The minimum atomic E-state index is 0.882. The van der Waals surface area contributed by atoms with Gasteiger partial charge in [-0.1, -0.05) is 75.2 Å². The van der Waals surface area contributed by atoms with E-state index in [-0.39, 0.29) is 0 Å². The van der Waals surface area contributed by atoms with Crippen LogP contribution in [0.2, 0.25) is 0 Å². The highest BCUT2D eigenvalue weighted by Gasteiger charge is 2.22. The third-order valence-electron chi connectivity index (χ3n) is 7.71. The maximum Gasteiger partial charge on any atom is 0.118 e.